The van der Waals surface area contributed by atoms with Crippen LogP contribution in [-0.2, 0) is 38.4 Å². The molecule has 8 nitrogen and oxygen atoms in total. The van der Waals surface area contributed by atoms with E-state index in [0.29, 0.717) is 46.3 Å². The second-order valence-corrected chi connectivity index (χ2v) is 23.4. The van der Waals surface area contributed by atoms with E-state index in [-0.39, 0.29) is 47.3 Å². The zero-order chi connectivity index (χ0) is 62.5. The monoisotopic (exact) mass is 1110 g/mol. The number of rotatable bonds is 38. The lowest BCUT2D eigenvalue weighted by Gasteiger charge is -2.04. The molecule has 0 amide bonds. The van der Waals surface area contributed by atoms with E-state index in [0.717, 1.165) is 51.4 Å². The van der Waals surface area contributed by atoms with E-state index >= 15 is 0 Å². The van der Waals surface area contributed by atoms with Gasteiger partial charge in [-0.25, -0.2) is 0 Å². The molecular weight excluding hydrogens is 969 g/mol. The standard InChI is InChI=1S/6C9H18O.2C8H16O/c6*1-4-5-6-7-8(2)9(3)10;2*1-4-5-6-7(2)8(3)9/h6*8H,4-7H2,1-3H3;2*7H,4-6H2,1-3H3/t6*8-;2*7-/m11111111/s1. The lowest BCUT2D eigenvalue weighted by molar-refractivity contribution is -0.121. The van der Waals surface area contributed by atoms with Crippen molar-refractivity contribution in [1.29, 1.82) is 0 Å². The first kappa shape index (κ1) is 91.8. The molecule has 0 unspecified atom stereocenters. The van der Waals surface area contributed by atoms with Gasteiger partial charge in [-0.2, -0.15) is 0 Å². The summed E-state index contributed by atoms with van der Waals surface area (Å²) in [6.07, 6.45) is 35.6. The molecule has 0 fully saturated rings. The molecule has 468 valence electrons. The van der Waals surface area contributed by atoms with Crippen LogP contribution in [0.1, 0.15) is 359 Å². The van der Waals surface area contributed by atoms with Crippen LogP contribution < -0.4 is 0 Å². The Bertz CT molecular complexity index is 1140. The maximum absolute atomic E-state index is 10.7. The van der Waals surface area contributed by atoms with E-state index in [1.807, 2.05) is 55.4 Å². The summed E-state index contributed by atoms with van der Waals surface area (Å²) < 4.78 is 0. The van der Waals surface area contributed by atoms with Crippen molar-refractivity contribution < 1.29 is 38.4 Å². The van der Waals surface area contributed by atoms with Crippen molar-refractivity contribution in [3.8, 4) is 0 Å². The maximum atomic E-state index is 10.7. The van der Waals surface area contributed by atoms with Crippen LogP contribution in [0.25, 0.3) is 0 Å². The first-order valence-corrected chi connectivity index (χ1v) is 32.5. The van der Waals surface area contributed by atoms with Crippen LogP contribution in [0.3, 0.4) is 0 Å². The molecule has 0 aromatic rings. The quantitative estimate of drug-likeness (QED) is 0.0558. The van der Waals surface area contributed by atoms with Gasteiger partial charge in [0.25, 0.3) is 0 Å². The Labute approximate surface area is 488 Å². The summed E-state index contributed by atoms with van der Waals surface area (Å²) >= 11 is 0. The summed E-state index contributed by atoms with van der Waals surface area (Å²) in [6.45, 7) is 46.8. The molecule has 0 saturated carbocycles. The third kappa shape index (κ3) is 84.7. The van der Waals surface area contributed by atoms with Crippen LogP contribution in [0.15, 0.2) is 0 Å². The SMILES string of the molecule is CCCCC[C@@H](C)C(C)=O.CCCCC[C@@H](C)C(C)=O.CCCCC[C@@H](C)C(C)=O.CCCCC[C@@H](C)C(C)=O.CCCCC[C@@H](C)C(C)=O.CCCCC[C@@H](C)C(C)=O.CCCC[C@@H](C)C(C)=O.CCCC[C@@H](C)C(C)=O. The van der Waals surface area contributed by atoms with E-state index in [9.17, 15) is 38.4 Å². The number of carbonyl (C=O) groups excluding carboxylic acids is 8. The fourth-order valence-corrected chi connectivity index (χ4v) is 6.85. The van der Waals surface area contributed by atoms with Gasteiger partial charge in [0.15, 0.2) is 0 Å². The molecule has 0 bridgehead atoms. The predicted molar refractivity (Wildman–Crippen MR) is 343 cm³/mol. The number of Topliss-reactive ketones (excluding diaryl/α,β-unsaturated/α-hetero) is 8. The van der Waals surface area contributed by atoms with E-state index in [1.165, 1.54) is 141 Å². The molecular formula is C70H140O8. The highest BCUT2D eigenvalue weighted by atomic mass is 16.2. The second kappa shape index (κ2) is 70.5. The average Bonchev–Trinajstić information content (AvgIpc) is 3.38. The minimum absolute atomic E-state index is 0.282. The van der Waals surface area contributed by atoms with E-state index < -0.39 is 0 Å². The predicted octanol–water partition coefficient (Wildman–Crippen LogP) is 21.6. The van der Waals surface area contributed by atoms with Gasteiger partial charge in [-0.1, -0.05) is 252 Å². The summed E-state index contributed by atoms with van der Waals surface area (Å²) in [5.74, 6) is 4.89. The minimum Gasteiger partial charge on any atom is -0.300 e. The van der Waals surface area contributed by atoms with Crippen LogP contribution in [0.5, 0.6) is 0 Å². The van der Waals surface area contributed by atoms with Gasteiger partial charge in [-0.3, -0.25) is 38.4 Å². The van der Waals surface area contributed by atoms with E-state index in [4.69, 9.17) is 0 Å². The number of unbranched alkanes of at least 4 members (excludes halogenated alkanes) is 14. The Morgan fingerprint density at radius 2 is 0.269 bits per heavy atom. The first-order chi connectivity index (χ1) is 36.4. The first-order valence-electron chi connectivity index (χ1n) is 32.5. The molecule has 8 heteroatoms. The molecule has 0 N–H and O–H groups in total. The average molecular weight is 1110 g/mol. The van der Waals surface area contributed by atoms with Gasteiger partial charge >= 0.3 is 0 Å². The highest BCUT2D eigenvalue weighted by Gasteiger charge is 2.10. The molecule has 0 saturated heterocycles. The van der Waals surface area contributed by atoms with E-state index in [2.05, 4.69) is 55.4 Å². The minimum atomic E-state index is 0.282. The topological polar surface area (TPSA) is 137 Å². The summed E-state index contributed by atoms with van der Waals surface area (Å²) in [5, 5.41) is 0. The lowest BCUT2D eigenvalue weighted by atomic mass is 10.0. The number of carbonyl (C=O) groups is 8. The summed E-state index contributed by atoms with van der Waals surface area (Å²) in [7, 11) is 0. The molecule has 0 aromatic heterocycles. The Balaban J connectivity index is -0.000000120. The van der Waals surface area contributed by atoms with Gasteiger partial charge in [-0.05, 0) is 107 Å². The molecule has 0 aliphatic rings. The van der Waals surface area contributed by atoms with Gasteiger partial charge in [0.2, 0.25) is 0 Å². The van der Waals surface area contributed by atoms with Gasteiger partial charge in [0, 0.05) is 47.3 Å². The highest BCUT2D eigenvalue weighted by molar-refractivity contribution is 5.80. The fraction of sp³-hybridized carbons (Fsp3) is 0.886. The zero-order valence-electron chi connectivity index (χ0n) is 57.1. The second-order valence-electron chi connectivity index (χ2n) is 23.4. The molecule has 0 radical (unpaired) electrons. The van der Waals surface area contributed by atoms with Crippen LogP contribution in [0.2, 0.25) is 0 Å². The lowest BCUT2D eigenvalue weighted by Crippen LogP contribution is -2.05. The number of hydrogen-bond acceptors (Lipinski definition) is 8. The van der Waals surface area contributed by atoms with Gasteiger partial charge in [0.1, 0.15) is 46.3 Å². The van der Waals surface area contributed by atoms with Crippen LogP contribution in [-0.4, -0.2) is 46.3 Å². The molecule has 78 heavy (non-hydrogen) atoms. The van der Waals surface area contributed by atoms with Crippen LogP contribution in [0.4, 0.5) is 0 Å². The van der Waals surface area contributed by atoms with Crippen molar-refractivity contribution in [2.75, 3.05) is 0 Å². The number of ketones is 8. The Hall–Kier alpha value is -2.64. The third-order valence-corrected chi connectivity index (χ3v) is 15.0. The number of hydrogen-bond donors (Lipinski definition) is 0. The van der Waals surface area contributed by atoms with Gasteiger partial charge < -0.3 is 0 Å². The normalized spacial score (nSPS) is 13.1. The van der Waals surface area contributed by atoms with Crippen molar-refractivity contribution in [2.24, 2.45) is 47.3 Å². The largest absolute Gasteiger partial charge is 0.300 e. The maximum Gasteiger partial charge on any atom is 0.132 e. The fourth-order valence-electron chi connectivity index (χ4n) is 6.85. The van der Waals surface area contributed by atoms with Crippen molar-refractivity contribution >= 4 is 46.3 Å². The van der Waals surface area contributed by atoms with Gasteiger partial charge in [-0.15, -0.1) is 0 Å². The Morgan fingerprint density at radius 1 is 0.179 bits per heavy atom. The van der Waals surface area contributed by atoms with Crippen molar-refractivity contribution in [1.82, 2.24) is 0 Å². The van der Waals surface area contributed by atoms with Crippen LogP contribution in [0, 0.1) is 47.3 Å². The summed E-state index contributed by atoms with van der Waals surface area (Å²) in [4.78, 5) is 85.7. The van der Waals surface area contributed by atoms with Crippen molar-refractivity contribution in [3.63, 3.8) is 0 Å². The molecule has 0 aliphatic heterocycles. The van der Waals surface area contributed by atoms with Crippen molar-refractivity contribution in [2.45, 2.75) is 359 Å². The zero-order valence-corrected chi connectivity index (χ0v) is 57.1. The highest BCUT2D eigenvalue weighted by Crippen LogP contribution is 2.14. The molecule has 0 rings (SSSR count). The Kier molecular flexibility index (Phi) is 83.0. The van der Waals surface area contributed by atoms with Crippen LogP contribution >= 0.6 is 0 Å². The molecule has 0 aromatic carbocycles. The molecule has 0 aliphatic carbocycles. The van der Waals surface area contributed by atoms with Crippen molar-refractivity contribution in [3.05, 3.63) is 0 Å². The molecule has 8 atom stereocenters. The van der Waals surface area contributed by atoms with Gasteiger partial charge in [0.05, 0.1) is 0 Å². The van der Waals surface area contributed by atoms with E-state index in [1.54, 1.807) is 55.4 Å². The smallest absolute Gasteiger partial charge is 0.132 e. The molecule has 0 heterocycles. The summed E-state index contributed by atoms with van der Waals surface area (Å²) in [6, 6.07) is 0. The summed E-state index contributed by atoms with van der Waals surface area (Å²) in [5.41, 5.74) is 0. The third-order valence-electron chi connectivity index (χ3n) is 15.0. The Morgan fingerprint density at radius 3 is 0.346 bits per heavy atom. The molecule has 0 spiro atoms.